The number of aromatic nitrogens is 1. The number of hydrogen-bond donors (Lipinski definition) is 1. The molecule has 3 nitrogen and oxygen atoms in total. The van der Waals surface area contributed by atoms with Crippen LogP contribution >= 0.6 is 11.8 Å². The number of rotatable bonds is 3. The monoisotopic (exact) mass is 265 g/mol. The number of aryl methyl sites for hydroxylation is 2. The highest BCUT2D eigenvalue weighted by molar-refractivity contribution is 7.99. The lowest BCUT2D eigenvalue weighted by Crippen LogP contribution is -2.41. The van der Waals surface area contributed by atoms with Gasteiger partial charge in [-0.15, -0.1) is 0 Å². The minimum atomic E-state index is 0.577. The zero-order chi connectivity index (χ0) is 13.1. The van der Waals surface area contributed by atoms with Crippen LogP contribution in [-0.2, 0) is 6.54 Å². The maximum atomic E-state index is 4.80. The summed E-state index contributed by atoms with van der Waals surface area (Å²) in [5.41, 5.74) is 3.81. The second kappa shape index (κ2) is 5.93. The van der Waals surface area contributed by atoms with Gasteiger partial charge in [-0.05, 0) is 39.4 Å². The van der Waals surface area contributed by atoms with Gasteiger partial charge in [0.15, 0.2) is 0 Å². The largest absolute Gasteiger partial charge is 0.352 e. The van der Waals surface area contributed by atoms with E-state index in [-0.39, 0.29) is 0 Å². The molecule has 0 radical (unpaired) electrons. The Morgan fingerprint density at radius 2 is 2.28 bits per heavy atom. The number of nitrogens with zero attached hydrogens (tertiary/aromatic N) is 2. The SMILES string of the molecule is CNCc1c(C)cc(C)nc1N1CCSCC1C. The molecule has 4 heteroatoms. The Kier molecular flexibility index (Phi) is 4.51. The Hall–Kier alpha value is -0.740. The van der Waals surface area contributed by atoms with Gasteiger partial charge in [0, 0.05) is 41.9 Å². The van der Waals surface area contributed by atoms with Crippen molar-refractivity contribution in [2.45, 2.75) is 33.4 Å². The lowest BCUT2D eigenvalue weighted by molar-refractivity contribution is 0.676. The van der Waals surface area contributed by atoms with Crippen molar-refractivity contribution in [2.24, 2.45) is 0 Å². The predicted octanol–water partition coefficient (Wildman–Crippen LogP) is 2.36. The molecule has 1 aromatic rings. The molecule has 0 bridgehead atoms. The molecule has 1 aliphatic heterocycles. The Morgan fingerprint density at radius 1 is 1.50 bits per heavy atom. The zero-order valence-electron chi connectivity index (χ0n) is 11.8. The van der Waals surface area contributed by atoms with Gasteiger partial charge in [-0.25, -0.2) is 4.98 Å². The molecule has 0 aromatic carbocycles. The molecule has 2 rings (SSSR count). The van der Waals surface area contributed by atoms with Crippen LogP contribution < -0.4 is 10.2 Å². The molecular weight excluding hydrogens is 242 g/mol. The minimum Gasteiger partial charge on any atom is -0.352 e. The number of anilines is 1. The van der Waals surface area contributed by atoms with Crippen molar-refractivity contribution >= 4 is 17.6 Å². The summed E-state index contributed by atoms with van der Waals surface area (Å²) in [5.74, 6) is 3.60. The molecule has 1 aromatic heterocycles. The molecule has 100 valence electrons. The smallest absolute Gasteiger partial charge is 0.133 e. The quantitative estimate of drug-likeness (QED) is 0.908. The molecule has 0 aliphatic carbocycles. The predicted molar refractivity (Wildman–Crippen MR) is 80.6 cm³/mol. The first kappa shape index (κ1) is 13.7. The highest BCUT2D eigenvalue weighted by Crippen LogP contribution is 2.28. The van der Waals surface area contributed by atoms with Crippen molar-refractivity contribution in [3.63, 3.8) is 0 Å². The van der Waals surface area contributed by atoms with Gasteiger partial charge in [0.1, 0.15) is 5.82 Å². The average molecular weight is 265 g/mol. The van der Waals surface area contributed by atoms with Gasteiger partial charge in [0.2, 0.25) is 0 Å². The van der Waals surface area contributed by atoms with Crippen molar-refractivity contribution in [3.8, 4) is 0 Å². The van der Waals surface area contributed by atoms with Crippen molar-refractivity contribution < 1.29 is 0 Å². The fourth-order valence-corrected chi connectivity index (χ4v) is 3.53. The van der Waals surface area contributed by atoms with Gasteiger partial charge in [0.25, 0.3) is 0 Å². The van der Waals surface area contributed by atoms with E-state index in [2.05, 4.69) is 37.1 Å². The fourth-order valence-electron chi connectivity index (χ4n) is 2.52. The van der Waals surface area contributed by atoms with E-state index in [1.807, 2.05) is 18.8 Å². The average Bonchev–Trinajstić information content (AvgIpc) is 2.33. The summed E-state index contributed by atoms with van der Waals surface area (Å²) in [4.78, 5) is 7.28. The maximum Gasteiger partial charge on any atom is 0.133 e. The van der Waals surface area contributed by atoms with Crippen molar-refractivity contribution in [1.82, 2.24) is 10.3 Å². The summed E-state index contributed by atoms with van der Waals surface area (Å²) in [6.45, 7) is 8.58. The van der Waals surface area contributed by atoms with Crippen LogP contribution in [-0.4, -0.2) is 36.1 Å². The van der Waals surface area contributed by atoms with Crippen LogP contribution in [0.15, 0.2) is 6.07 Å². The summed E-state index contributed by atoms with van der Waals surface area (Å²) in [7, 11) is 2.00. The minimum absolute atomic E-state index is 0.577. The topological polar surface area (TPSA) is 28.2 Å². The number of hydrogen-bond acceptors (Lipinski definition) is 4. The van der Waals surface area contributed by atoms with E-state index in [1.54, 1.807) is 0 Å². The third-order valence-electron chi connectivity index (χ3n) is 3.45. The lowest BCUT2D eigenvalue weighted by atomic mass is 10.1. The van der Waals surface area contributed by atoms with Crippen molar-refractivity contribution in [3.05, 3.63) is 22.9 Å². The van der Waals surface area contributed by atoms with Gasteiger partial charge < -0.3 is 10.2 Å². The standard InChI is InChI=1S/C14H23N3S/c1-10-7-11(2)16-14(13(10)8-15-4)17-5-6-18-9-12(17)3/h7,12,15H,5-6,8-9H2,1-4H3. The van der Waals surface area contributed by atoms with Crippen LogP contribution in [0.5, 0.6) is 0 Å². The van der Waals surface area contributed by atoms with Gasteiger partial charge in [0.05, 0.1) is 0 Å². The summed E-state index contributed by atoms with van der Waals surface area (Å²) >= 11 is 2.04. The van der Waals surface area contributed by atoms with E-state index in [1.165, 1.54) is 28.5 Å². The maximum absolute atomic E-state index is 4.80. The first-order valence-electron chi connectivity index (χ1n) is 6.59. The molecular formula is C14H23N3S. The van der Waals surface area contributed by atoms with Gasteiger partial charge in [-0.1, -0.05) is 0 Å². The molecule has 0 spiro atoms. The molecule has 0 amide bonds. The molecule has 1 fully saturated rings. The molecule has 1 unspecified atom stereocenters. The Labute approximate surface area is 114 Å². The number of thioether (sulfide) groups is 1. The Morgan fingerprint density at radius 3 is 2.94 bits per heavy atom. The van der Waals surface area contributed by atoms with Gasteiger partial charge >= 0.3 is 0 Å². The normalized spacial score (nSPS) is 20.2. The third-order valence-corrected chi connectivity index (χ3v) is 4.64. The Bertz CT molecular complexity index is 420. The van der Waals surface area contributed by atoms with E-state index in [0.29, 0.717) is 6.04 Å². The second-order valence-corrected chi connectivity index (χ2v) is 6.18. The van der Waals surface area contributed by atoms with Crippen LogP contribution in [0.4, 0.5) is 5.82 Å². The zero-order valence-corrected chi connectivity index (χ0v) is 12.6. The molecule has 1 aliphatic rings. The lowest BCUT2D eigenvalue weighted by Gasteiger charge is -2.36. The summed E-state index contributed by atoms with van der Waals surface area (Å²) < 4.78 is 0. The Balaban J connectivity index is 2.40. The van der Waals surface area contributed by atoms with E-state index in [0.717, 1.165) is 18.8 Å². The van der Waals surface area contributed by atoms with E-state index in [4.69, 9.17) is 4.98 Å². The molecule has 0 saturated carbocycles. The molecule has 1 N–H and O–H groups in total. The third kappa shape index (κ3) is 2.81. The second-order valence-electron chi connectivity index (χ2n) is 5.03. The highest BCUT2D eigenvalue weighted by atomic mass is 32.2. The van der Waals surface area contributed by atoms with Crippen LogP contribution in [0.1, 0.15) is 23.7 Å². The number of pyridine rings is 1. The summed E-state index contributed by atoms with van der Waals surface area (Å²) in [6, 6.07) is 2.76. The van der Waals surface area contributed by atoms with E-state index < -0.39 is 0 Å². The first-order valence-corrected chi connectivity index (χ1v) is 7.75. The summed E-state index contributed by atoms with van der Waals surface area (Å²) in [6.07, 6.45) is 0. The number of nitrogens with one attached hydrogen (secondary N) is 1. The first-order chi connectivity index (χ1) is 8.63. The fraction of sp³-hybridized carbons (Fsp3) is 0.643. The summed E-state index contributed by atoms with van der Waals surface area (Å²) in [5, 5.41) is 3.27. The van der Waals surface area contributed by atoms with Gasteiger partial charge in [-0.3, -0.25) is 0 Å². The van der Waals surface area contributed by atoms with E-state index in [9.17, 15) is 0 Å². The van der Waals surface area contributed by atoms with Crippen LogP contribution in [0.3, 0.4) is 0 Å². The molecule has 1 atom stereocenters. The highest BCUT2D eigenvalue weighted by Gasteiger charge is 2.23. The molecule has 18 heavy (non-hydrogen) atoms. The van der Waals surface area contributed by atoms with Crippen LogP contribution in [0.2, 0.25) is 0 Å². The van der Waals surface area contributed by atoms with Crippen molar-refractivity contribution in [1.29, 1.82) is 0 Å². The van der Waals surface area contributed by atoms with E-state index >= 15 is 0 Å². The molecule has 2 heterocycles. The molecule has 1 saturated heterocycles. The van der Waals surface area contributed by atoms with Crippen LogP contribution in [0, 0.1) is 13.8 Å². The van der Waals surface area contributed by atoms with Crippen molar-refractivity contribution in [2.75, 3.05) is 30.0 Å². The van der Waals surface area contributed by atoms with Gasteiger partial charge in [-0.2, -0.15) is 11.8 Å². The van der Waals surface area contributed by atoms with Crippen LogP contribution in [0.25, 0.3) is 0 Å².